The number of furan rings is 1. The van der Waals surface area contributed by atoms with Gasteiger partial charge in [-0.05, 0) is 49.3 Å². The number of fused-ring (bicyclic) bond motifs is 4. The van der Waals surface area contributed by atoms with Gasteiger partial charge < -0.3 is 9.52 Å². The number of pyridine rings is 1. The van der Waals surface area contributed by atoms with E-state index < -0.39 is 8.07 Å². The van der Waals surface area contributed by atoms with E-state index in [1.54, 1.807) is 0 Å². The third-order valence-corrected chi connectivity index (χ3v) is 12.3. The minimum absolute atomic E-state index is 0. The summed E-state index contributed by atoms with van der Waals surface area (Å²) in [6.07, 6.45) is 4.75. The molecule has 0 aliphatic heterocycles. The molecule has 0 bridgehead atoms. The SMILES string of the molecule is CC(C)(C)c1cc(-c2nc3ccccc3c3oc([Si](C)(C)C)cc23)[c-]c2ccccc12.CCC(C)(CC)C(=O)/C=C(\O)C(C)(CC)CC.[Ir]. The molecule has 0 aliphatic rings. The van der Waals surface area contributed by atoms with Crippen LogP contribution in [0.1, 0.15) is 93.6 Å². The largest absolute Gasteiger partial charge is 0.512 e. The number of hydrogen-bond acceptors (Lipinski definition) is 4. The summed E-state index contributed by atoms with van der Waals surface area (Å²) in [7, 11) is -1.62. The number of para-hydroxylation sites is 1. The fourth-order valence-electron chi connectivity index (χ4n) is 5.95. The minimum atomic E-state index is -1.62. The first-order chi connectivity index (χ1) is 22.4. The van der Waals surface area contributed by atoms with Crippen molar-refractivity contribution in [2.45, 2.75) is 113 Å². The van der Waals surface area contributed by atoms with Crippen LogP contribution in [0.15, 0.2) is 76.9 Å². The monoisotopic (exact) mass is 855 g/mol. The van der Waals surface area contributed by atoms with Gasteiger partial charge in [0.15, 0.2) is 5.78 Å². The van der Waals surface area contributed by atoms with Crippen LogP contribution in [0.4, 0.5) is 0 Å². The van der Waals surface area contributed by atoms with Crippen molar-refractivity contribution in [3.8, 4) is 11.3 Å². The van der Waals surface area contributed by atoms with Crippen molar-refractivity contribution in [2.75, 3.05) is 0 Å². The summed E-state index contributed by atoms with van der Waals surface area (Å²) in [4.78, 5) is 17.3. The van der Waals surface area contributed by atoms with Crippen molar-refractivity contribution in [3.63, 3.8) is 0 Å². The minimum Gasteiger partial charge on any atom is -0.512 e. The third-order valence-electron chi connectivity index (χ3n) is 10.5. The summed E-state index contributed by atoms with van der Waals surface area (Å²) < 4.78 is 6.50. The van der Waals surface area contributed by atoms with E-state index in [0.717, 1.165) is 69.6 Å². The van der Waals surface area contributed by atoms with E-state index in [4.69, 9.17) is 9.40 Å². The molecule has 2 aromatic heterocycles. The van der Waals surface area contributed by atoms with Crippen LogP contribution in [-0.2, 0) is 30.3 Å². The van der Waals surface area contributed by atoms with Crippen LogP contribution < -0.4 is 5.38 Å². The number of ketones is 1. The Morgan fingerprint density at radius 3 is 1.92 bits per heavy atom. The molecule has 5 aromatic rings. The number of benzene rings is 3. The maximum atomic E-state index is 12.2. The predicted octanol–water partition coefficient (Wildman–Crippen LogP) is 12.1. The number of allylic oxidation sites excluding steroid dienone is 2. The fraction of sp³-hybridized carbons (Fsp3) is 0.442. The van der Waals surface area contributed by atoms with E-state index in [0.29, 0.717) is 0 Å². The van der Waals surface area contributed by atoms with E-state index in [9.17, 15) is 9.90 Å². The quantitative estimate of drug-likeness (QED) is 0.0694. The van der Waals surface area contributed by atoms with Gasteiger partial charge in [0.2, 0.25) is 0 Å². The number of aromatic nitrogens is 1. The van der Waals surface area contributed by atoms with E-state index >= 15 is 0 Å². The second-order valence-electron chi connectivity index (χ2n) is 15.9. The standard InChI is InChI=1S/C28H28NOSi.C15H28O2.Ir/c1-28(2,3)23-16-19(15-18-11-7-8-12-20(18)23)26-22-17-25(31(4,5)6)30-27(22)21-13-9-10-14-24(21)29-26;1-7-14(5,8-2)12(16)11-13(17)15(6,9-3)10-4;/h7-14,16-17H,1-6H3;11,16H,7-10H2,1-6H3;/q-1;;/b;12-11-;. The van der Waals surface area contributed by atoms with E-state index in [1.807, 2.05) is 47.6 Å². The number of aliphatic hydroxyl groups is 1. The maximum Gasteiger partial charge on any atom is 0.164 e. The number of carbonyl (C=O) groups excluding carboxylic acids is 1. The van der Waals surface area contributed by atoms with Gasteiger partial charge in [-0.15, -0.1) is 29.1 Å². The van der Waals surface area contributed by atoms with Crippen molar-refractivity contribution in [2.24, 2.45) is 10.8 Å². The van der Waals surface area contributed by atoms with Crippen LogP contribution in [0.2, 0.25) is 19.6 Å². The van der Waals surface area contributed by atoms with Crippen molar-refractivity contribution in [1.82, 2.24) is 4.98 Å². The molecule has 0 spiro atoms. The van der Waals surface area contributed by atoms with Crippen LogP contribution in [0.25, 0.3) is 43.9 Å². The van der Waals surface area contributed by atoms with Gasteiger partial charge >= 0.3 is 0 Å². The molecular weight excluding hydrogens is 799 g/mol. The zero-order valence-electron chi connectivity index (χ0n) is 31.7. The molecule has 0 fully saturated rings. The van der Waals surface area contributed by atoms with Gasteiger partial charge in [-0.2, -0.15) is 0 Å². The average molecular weight is 855 g/mol. The maximum absolute atomic E-state index is 12.2. The molecular formula is C43H56IrNO3Si-. The Labute approximate surface area is 309 Å². The van der Waals surface area contributed by atoms with Crippen molar-refractivity contribution < 1.29 is 34.4 Å². The first-order valence-electron chi connectivity index (χ1n) is 17.7. The molecule has 49 heavy (non-hydrogen) atoms. The zero-order chi connectivity index (χ0) is 35.7. The van der Waals surface area contributed by atoms with Gasteiger partial charge in [-0.3, -0.25) is 9.78 Å². The van der Waals surface area contributed by atoms with Crippen molar-refractivity contribution in [1.29, 1.82) is 0 Å². The topological polar surface area (TPSA) is 63.3 Å². The van der Waals surface area contributed by atoms with Gasteiger partial charge in [-0.25, -0.2) is 0 Å². The number of hydrogen-bond donors (Lipinski definition) is 1. The van der Waals surface area contributed by atoms with Gasteiger partial charge in [0, 0.05) is 53.5 Å². The van der Waals surface area contributed by atoms with E-state index in [1.165, 1.54) is 17.0 Å². The third kappa shape index (κ3) is 8.47. The Balaban J connectivity index is 0.000000312. The molecule has 1 radical (unpaired) electrons. The number of nitrogens with zero attached hydrogens (tertiary/aromatic N) is 1. The van der Waals surface area contributed by atoms with E-state index in [-0.39, 0.29) is 47.9 Å². The van der Waals surface area contributed by atoms with Gasteiger partial charge in [0.05, 0.1) is 10.9 Å². The molecule has 0 aliphatic carbocycles. The zero-order valence-corrected chi connectivity index (χ0v) is 35.1. The predicted molar refractivity (Wildman–Crippen MR) is 208 cm³/mol. The summed E-state index contributed by atoms with van der Waals surface area (Å²) in [5.74, 6) is 0.286. The molecule has 265 valence electrons. The van der Waals surface area contributed by atoms with Crippen LogP contribution in [-0.4, -0.2) is 23.9 Å². The summed E-state index contributed by atoms with van der Waals surface area (Å²) in [5.41, 5.74) is 4.61. The van der Waals surface area contributed by atoms with Crippen molar-refractivity contribution >= 4 is 51.9 Å². The van der Waals surface area contributed by atoms with E-state index in [2.05, 4.69) is 101 Å². The Morgan fingerprint density at radius 2 is 1.37 bits per heavy atom. The molecule has 6 heteroatoms. The molecule has 3 aromatic carbocycles. The Kier molecular flexibility index (Phi) is 12.7. The smallest absolute Gasteiger partial charge is 0.164 e. The van der Waals surface area contributed by atoms with Gasteiger partial charge in [0.1, 0.15) is 19.4 Å². The number of rotatable bonds is 9. The molecule has 1 N–H and O–H groups in total. The van der Waals surface area contributed by atoms with Crippen LogP contribution in [0, 0.1) is 16.9 Å². The Hall–Kier alpha value is -3.05. The summed E-state index contributed by atoms with van der Waals surface area (Å²) >= 11 is 0. The van der Waals surface area contributed by atoms with Crippen LogP contribution in [0.3, 0.4) is 0 Å². The normalized spacial score (nSPS) is 12.9. The molecule has 0 amide bonds. The van der Waals surface area contributed by atoms with Crippen LogP contribution >= 0.6 is 0 Å². The Morgan fingerprint density at radius 1 is 0.816 bits per heavy atom. The first kappa shape index (κ1) is 40.4. The number of aliphatic hydroxyl groups excluding tert-OH is 1. The molecule has 0 unspecified atom stereocenters. The summed E-state index contributed by atoms with van der Waals surface area (Å²) in [5, 5.41) is 15.8. The summed E-state index contributed by atoms with van der Waals surface area (Å²) in [6.45, 7) is 25.8. The van der Waals surface area contributed by atoms with Gasteiger partial charge in [-0.1, -0.05) is 123 Å². The van der Waals surface area contributed by atoms with Crippen LogP contribution in [0.5, 0.6) is 0 Å². The molecule has 2 heterocycles. The molecule has 0 saturated heterocycles. The molecule has 5 rings (SSSR count). The van der Waals surface area contributed by atoms with Crippen molar-refractivity contribution in [3.05, 3.63) is 84.1 Å². The Bertz CT molecular complexity index is 1950. The molecule has 4 nitrogen and oxygen atoms in total. The summed E-state index contributed by atoms with van der Waals surface area (Å²) in [6, 6.07) is 25.0. The number of carbonyl (C=O) groups is 1. The fourth-order valence-corrected chi connectivity index (χ4v) is 6.93. The average Bonchev–Trinajstić information content (AvgIpc) is 3.53. The van der Waals surface area contributed by atoms with Gasteiger partial charge in [0.25, 0.3) is 0 Å². The first-order valence-corrected chi connectivity index (χ1v) is 21.2. The second kappa shape index (κ2) is 15.5. The molecule has 0 atom stereocenters. The second-order valence-corrected chi connectivity index (χ2v) is 20.9. The molecule has 0 saturated carbocycles.